The molecule has 0 aromatic carbocycles. The maximum absolute atomic E-state index is 12.8. The van der Waals surface area contributed by atoms with Gasteiger partial charge in [0.15, 0.2) is 17.4 Å². The van der Waals surface area contributed by atoms with Crippen LogP contribution in [0.15, 0.2) is 35.1 Å². The molecule has 0 fully saturated rings. The van der Waals surface area contributed by atoms with Crippen LogP contribution in [-0.4, -0.2) is 46.8 Å². The topological polar surface area (TPSA) is 141 Å². The highest BCUT2D eigenvalue weighted by Gasteiger charge is 2.34. The summed E-state index contributed by atoms with van der Waals surface area (Å²) in [6.07, 6.45) is 1.69. The zero-order valence-corrected chi connectivity index (χ0v) is 20.1. The maximum Gasteiger partial charge on any atom is 0.388 e. The molecular weight excluding hydrogens is 462 g/mol. The summed E-state index contributed by atoms with van der Waals surface area (Å²) in [5.74, 6) is 1.06. The fraction of sp³-hybridized carbons (Fsp3) is 0.444. The summed E-state index contributed by atoms with van der Waals surface area (Å²) in [6, 6.07) is 1.93. The molecule has 0 saturated heterocycles. The van der Waals surface area contributed by atoms with Gasteiger partial charge in [0.2, 0.25) is 4.21 Å². The number of thiophene rings is 1. The lowest BCUT2D eigenvalue weighted by Gasteiger charge is -2.13. The number of nitrogens with one attached hydrogen (secondary N) is 2. The first kappa shape index (κ1) is 23.4. The molecule has 0 bridgehead atoms. The van der Waals surface area contributed by atoms with Gasteiger partial charge in [-0.25, -0.2) is 8.42 Å². The van der Waals surface area contributed by atoms with Crippen LogP contribution >= 0.6 is 11.3 Å². The zero-order chi connectivity index (χ0) is 22.8. The van der Waals surface area contributed by atoms with Crippen LogP contribution in [0.2, 0.25) is 0 Å². The summed E-state index contributed by atoms with van der Waals surface area (Å²) < 4.78 is 49.9. The van der Waals surface area contributed by atoms with E-state index in [1.165, 1.54) is 9.69 Å². The summed E-state index contributed by atoms with van der Waals surface area (Å²) in [6.45, 7) is 8.66. The van der Waals surface area contributed by atoms with E-state index in [4.69, 9.17) is 4.42 Å². The van der Waals surface area contributed by atoms with Gasteiger partial charge in [-0.15, -0.1) is 20.1 Å². The Hall–Kier alpha value is -2.22. The molecule has 0 amide bonds. The van der Waals surface area contributed by atoms with E-state index in [2.05, 4.69) is 33.3 Å². The second-order valence-electron chi connectivity index (χ2n) is 6.99. The number of nitrogens with zero attached hydrogens (tertiary/aromatic N) is 3. The summed E-state index contributed by atoms with van der Waals surface area (Å²) >= 11 is -0.858. The molecule has 2 atom stereocenters. The molecule has 3 rings (SSSR count). The minimum Gasteiger partial charge on any atom is -0.504 e. The fourth-order valence-corrected chi connectivity index (χ4v) is 6.37. The Morgan fingerprint density at radius 3 is 2.61 bits per heavy atom. The van der Waals surface area contributed by atoms with Crippen molar-refractivity contribution in [2.45, 2.75) is 44.4 Å². The minimum absolute atomic E-state index is 0.0540. The summed E-state index contributed by atoms with van der Waals surface area (Å²) in [7, 11) is -3.57. The number of hydrogen-bond acceptors (Lipinski definition) is 7. The van der Waals surface area contributed by atoms with Gasteiger partial charge in [-0.05, 0) is 17.5 Å². The molecule has 4 N–H and O–H groups in total. The van der Waals surface area contributed by atoms with E-state index in [0.717, 1.165) is 16.9 Å². The van der Waals surface area contributed by atoms with E-state index < -0.39 is 21.2 Å². The first-order chi connectivity index (χ1) is 14.7. The van der Waals surface area contributed by atoms with Crippen LogP contribution in [0.1, 0.15) is 44.9 Å². The predicted octanol–water partition coefficient (Wildman–Crippen LogP) is 2.95. The average Bonchev–Trinajstić information content (AvgIpc) is 3.41. The van der Waals surface area contributed by atoms with Gasteiger partial charge in [0.25, 0.3) is 11.2 Å². The molecule has 1 aliphatic heterocycles. The third kappa shape index (κ3) is 5.00. The quantitative estimate of drug-likeness (QED) is 0.488. The van der Waals surface area contributed by atoms with Crippen LogP contribution in [0.4, 0.5) is 5.69 Å². The second-order valence-corrected chi connectivity index (χ2v) is 10.9. The van der Waals surface area contributed by atoms with Gasteiger partial charge in [-0.2, -0.15) is 8.51 Å². The average molecular weight is 489 g/mol. The third-order valence-corrected chi connectivity index (χ3v) is 8.89. The van der Waals surface area contributed by atoms with E-state index in [1.807, 2.05) is 6.07 Å². The Balaban J connectivity index is 1.74. The van der Waals surface area contributed by atoms with E-state index in [1.54, 1.807) is 20.1 Å². The highest BCUT2D eigenvalue weighted by molar-refractivity contribution is 7.91. The molecule has 31 heavy (non-hydrogen) atoms. The number of furan rings is 1. The molecule has 0 radical (unpaired) electrons. The molecule has 13 heteroatoms. The second kappa shape index (κ2) is 9.51. The van der Waals surface area contributed by atoms with E-state index in [0.29, 0.717) is 31.3 Å². The summed E-state index contributed by atoms with van der Waals surface area (Å²) in [5, 5.41) is 17.9. The zero-order valence-electron chi connectivity index (χ0n) is 17.6. The highest BCUT2D eigenvalue weighted by atomic mass is 32.2. The molecule has 2 unspecified atom stereocenters. The SMILES string of the molecule is CCN(CC)S(=O)(=[OH+])c1scc(NC2=NS(=O)N=C2NCc2cc(C(C)C)co2)c1O. The number of amidine groups is 2. The Bertz CT molecular complexity index is 1130. The van der Waals surface area contributed by atoms with Gasteiger partial charge in [-0.3, -0.25) is 0 Å². The maximum atomic E-state index is 12.8. The lowest BCUT2D eigenvalue weighted by atomic mass is 10.1. The van der Waals surface area contributed by atoms with Crippen LogP contribution in [0.5, 0.6) is 5.75 Å². The number of rotatable bonds is 8. The molecule has 2 aromatic heterocycles. The monoisotopic (exact) mass is 488 g/mol. The van der Waals surface area contributed by atoms with Crippen molar-refractivity contribution in [3.8, 4) is 5.75 Å². The number of anilines is 1. The molecule has 3 heterocycles. The summed E-state index contributed by atoms with van der Waals surface area (Å²) in [4.78, 5) is 0. The molecule has 10 nitrogen and oxygen atoms in total. The molecule has 1 aliphatic rings. The standard InChI is InChI=1S/C18H25N5O5S3/c1-5-23(6-2)31(26,27)18-15(24)14(10-29-18)20-17-16(21-30(25)22-17)19-8-13-7-12(9-28-13)11(3)4/h7,9-11,24H,5-6,8H2,1-4H3,(H,19,21)(H,20,22)/p+1. The Morgan fingerprint density at radius 2 is 2.00 bits per heavy atom. The third-order valence-electron chi connectivity index (χ3n) is 4.62. The first-order valence-electron chi connectivity index (χ1n) is 9.67. The lowest BCUT2D eigenvalue weighted by molar-refractivity contribution is 0.438. The largest absolute Gasteiger partial charge is 0.504 e. The Morgan fingerprint density at radius 1 is 1.32 bits per heavy atom. The van der Waals surface area contributed by atoms with Gasteiger partial charge in [0.1, 0.15) is 5.76 Å². The van der Waals surface area contributed by atoms with Crippen molar-refractivity contribution in [1.82, 2.24) is 9.62 Å². The van der Waals surface area contributed by atoms with Crippen molar-refractivity contribution in [3.05, 3.63) is 29.0 Å². The first-order valence-corrected chi connectivity index (χ1v) is 13.1. The highest BCUT2D eigenvalue weighted by Crippen LogP contribution is 2.39. The van der Waals surface area contributed by atoms with Crippen LogP contribution in [0.25, 0.3) is 0 Å². The van der Waals surface area contributed by atoms with Crippen LogP contribution in [-0.2, 0) is 27.7 Å². The molecular formula is C18H26N5O5S3+. The van der Waals surface area contributed by atoms with Gasteiger partial charge >= 0.3 is 10.0 Å². The van der Waals surface area contributed by atoms with E-state index in [9.17, 15) is 17.7 Å². The number of hydrogen-bond donors (Lipinski definition) is 3. The van der Waals surface area contributed by atoms with Crippen LogP contribution in [0.3, 0.4) is 0 Å². The minimum atomic E-state index is -3.57. The molecule has 0 aliphatic carbocycles. The van der Waals surface area contributed by atoms with E-state index in [-0.39, 0.29) is 27.3 Å². The summed E-state index contributed by atoms with van der Waals surface area (Å²) in [5.41, 5.74) is 1.25. The predicted molar refractivity (Wildman–Crippen MR) is 124 cm³/mol. The van der Waals surface area contributed by atoms with Gasteiger partial charge in [-0.1, -0.05) is 27.7 Å². The Labute approximate surface area is 187 Å². The molecule has 170 valence electrons. The van der Waals surface area contributed by atoms with Crippen molar-refractivity contribution >= 4 is 49.9 Å². The molecule has 0 saturated carbocycles. The van der Waals surface area contributed by atoms with Crippen molar-refractivity contribution in [2.24, 2.45) is 8.80 Å². The Kier molecular flexibility index (Phi) is 7.19. The van der Waals surface area contributed by atoms with Crippen molar-refractivity contribution in [2.75, 3.05) is 18.4 Å². The van der Waals surface area contributed by atoms with Crippen molar-refractivity contribution in [3.63, 3.8) is 0 Å². The number of aromatic hydroxyl groups is 1. The van der Waals surface area contributed by atoms with Crippen molar-refractivity contribution < 1.29 is 22.2 Å². The van der Waals surface area contributed by atoms with Gasteiger partial charge < -0.3 is 20.2 Å². The van der Waals surface area contributed by atoms with E-state index >= 15 is 0 Å². The lowest BCUT2D eigenvalue weighted by Crippen LogP contribution is -2.33. The fourth-order valence-electron chi connectivity index (χ4n) is 2.85. The van der Waals surface area contributed by atoms with Gasteiger partial charge in [0, 0.05) is 18.5 Å². The van der Waals surface area contributed by atoms with Crippen LogP contribution in [0, 0.1) is 0 Å². The molecule has 0 spiro atoms. The molecule has 2 aromatic rings. The van der Waals surface area contributed by atoms with Gasteiger partial charge in [0.05, 0.1) is 18.5 Å². The van der Waals surface area contributed by atoms with Crippen molar-refractivity contribution in [1.29, 1.82) is 0 Å². The smallest absolute Gasteiger partial charge is 0.388 e. The normalized spacial score (nSPS) is 18.2. The van der Waals surface area contributed by atoms with Crippen LogP contribution < -0.4 is 10.6 Å².